The molecule has 1 heterocycles. The monoisotopic (exact) mass is 319 g/mol. The molecule has 6 heteroatoms. The number of aliphatic hydroxyl groups excluding tert-OH is 1. The average molecular weight is 319 g/mol. The van der Waals surface area contributed by atoms with E-state index in [-0.39, 0.29) is 30.5 Å². The minimum absolute atomic E-state index is 0.0116. The zero-order valence-electron chi connectivity index (χ0n) is 13.7. The Balaban J connectivity index is 1.84. The van der Waals surface area contributed by atoms with Gasteiger partial charge in [-0.1, -0.05) is 26.0 Å². The Labute approximate surface area is 136 Å². The van der Waals surface area contributed by atoms with Crippen LogP contribution in [-0.2, 0) is 11.3 Å². The molecule has 0 aliphatic carbocycles. The third-order valence-electron chi connectivity index (χ3n) is 4.04. The fourth-order valence-electron chi connectivity index (χ4n) is 2.56. The van der Waals surface area contributed by atoms with Crippen LogP contribution in [0.15, 0.2) is 24.3 Å². The van der Waals surface area contributed by atoms with E-state index in [0.29, 0.717) is 13.1 Å². The van der Waals surface area contributed by atoms with E-state index in [1.54, 1.807) is 4.90 Å². The van der Waals surface area contributed by atoms with Gasteiger partial charge in [-0.2, -0.15) is 0 Å². The fraction of sp³-hybridized carbons (Fsp3) is 0.529. The highest BCUT2D eigenvalue weighted by Gasteiger charge is 2.27. The molecule has 0 spiro atoms. The van der Waals surface area contributed by atoms with Crippen molar-refractivity contribution in [3.05, 3.63) is 29.8 Å². The molecular weight excluding hydrogens is 294 g/mol. The molecule has 2 rings (SSSR count). The summed E-state index contributed by atoms with van der Waals surface area (Å²) in [4.78, 5) is 25.4. The predicted octanol–water partition coefficient (Wildman–Crippen LogP) is 1.95. The Bertz CT molecular complexity index is 543. The highest BCUT2D eigenvalue weighted by Crippen LogP contribution is 2.17. The molecule has 6 nitrogen and oxygen atoms in total. The quantitative estimate of drug-likeness (QED) is 0.776. The standard InChI is InChI=1S/C17H25N3O3/c1-12(2)16(22)19-14-7-5-13(6-8-14)10-18-17(23)20-9-3-4-15(20)11-21/h5-8,12,15,21H,3-4,9-11H2,1-2H3,(H,18,23)(H,19,22)/t15-/m0/s1. The van der Waals surface area contributed by atoms with Gasteiger partial charge in [0.05, 0.1) is 12.6 Å². The molecule has 1 fully saturated rings. The van der Waals surface area contributed by atoms with Gasteiger partial charge < -0.3 is 20.6 Å². The molecule has 0 unspecified atom stereocenters. The molecule has 3 N–H and O–H groups in total. The van der Waals surface area contributed by atoms with Gasteiger partial charge >= 0.3 is 6.03 Å². The number of carbonyl (C=O) groups is 2. The molecular formula is C17H25N3O3. The summed E-state index contributed by atoms with van der Waals surface area (Å²) in [5.41, 5.74) is 1.71. The summed E-state index contributed by atoms with van der Waals surface area (Å²) in [6.45, 7) is 4.81. The van der Waals surface area contributed by atoms with Crippen LogP contribution < -0.4 is 10.6 Å². The van der Waals surface area contributed by atoms with Gasteiger partial charge in [-0.15, -0.1) is 0 Å². The lowest BCUT2D eigenvalue weighted by atomic mass is 10.1. The van der Waals surface area contributed by atoms with Crippen molar-refractivity contribution < 1.29 is 14.7 Å². The Hall–Kier alpha value is -2.08. The molecule has 0 bridgehead atoms. The smallest absolute Gasteiger partial charge is 0.317 e. The summed E-state index contributed by atoms with van der Waals surface area (Å²) in [7, 11) is 0. The SMILES string of the molecule is CC(C)C(=O)Nc1ccc(CNC(=O)N2CCC[C@H]2CO)cc1. The molecule has 1 aliphatic rings. The van der Waals surface area contributed by atoms with Crippen molar-refractivity contribution in [3.63, 3.8) is 0 Å². The van der Waals surface area contributed by atoms with Crippen LogP contribution in [0.25, 0.3) is 0 Å². The predicted molar refractivity (Wildman–Crippen MR) is 89.0 cm³/mol. The minimum atomic E-state index is -0.140. The second kappa shape index (κ2) is 7.97. The van der Waals surface area contributed by atoms with E-state index in [2.05, 4.69) is 10.6 Å². The van der Waals surface area contributed by atoms with Crippen molar-refractivity contribution in [1.82, 2.24) is 10.2 Å². The number of likely N-dealkylation sites (tertiary alicyclic amines) is 1. The number of nitrogens with one attached hydrogen (secondary N) is 2. The van der Waals surface area contributed by atoms with Crippen molar-refractivity contribution >= 4 is 17.6 Å². The van der Waals surface area contributed by atoms with Gasteiger partial charge in [-0.3, -0.25) is 4.79 Å². The molecule has 1 aromatic rings. The molecule has 1 aromatic carbocycles. The van der Waals surface area contributed by atoms with E-state index in [0.717, 1.165) is 24.1 Å². The fourth-order valence-corrected chi connectivity index (χ4v) is 2.56. The van der Waals surface area contributed by atoms with Crippen molar-refractivity contribution in [2.24, 2.45) is 5.92 Å². The summed E-state index contributed by atoms with van der Waals surface area (Å²) in [5.74, 6) is -0.0796. The number of hydrogen-bond acceptors (Lipinski definition) is 3. The number of carbonyl (C=O) groups excluding carboxylic acids is 2. The molecule has 1 atom stereocenters. The van der Waals surface area contributed by atoms with E-state index < -0.39 is 0 Å². The van der Waals surface area contributed by atoms with Gasteiger partial charge in [-0.05, 0) is 30.5 Å². The molecule has 3 amide bonds. The Morgan fingerprint density at radius 3 is 2.61 bits per heavy atom. The maximum Gasteiger partial charge on any atom is 0.317 e. The number of rotatable bonds is 5. The number of nitrogens with zero attached hydrogens (tertiary/aromatic N) is 1. The van der Waals surface area contributed by atoms with Gasteiger partial charge in [0.2, 0.25) is 5.91 Å². The van der Waals surface area contributed by atoms with E-state index in [1.807, 2.05) is 38.1 Å². The number of benzene rings is 1. The van der Waals surface area contributed by atoms with Crippen LogP contribution >= 0.6 is 0 Å². The van der Waals surface area contributed by atoms with E-state index >= 15 is 0 Å². The number of amides is 3. The van der Waals surface area contributed by atoms with Crippen molar-refractivity contribution in [3.8, 4) is 0 Å². The minimum Gasteiger partial charge on any atom is -0.394 e. The first kappa shape index (κ1) is 17.3. The second-order valence-electron chi connectivity index (χ2n) is 6.17. The summed E-state index contributed by atoms with van der Waals surface area (Å²) in [6, 6.07) is 7.21. The van der Waals surface area contributed by atoms with Gasteiger partial charge in [0.1, 0.15) is 0 Å². The molecule has 0 radical (unpaired) electrons. The van der Waals surface area contributed by atoms with Crippen molar-refractivity contribution in [1.29, 1.82) is 0 Å². The number of anilines is 1. The number of urea groups is 1. The third kappa shape index (κ3) is 4.69. The molecule has 1 saturated heterocycles. The van der Waals surface area contributed by atoms with Gasteiger partial charge in [-0.25, -0.2) is 4.79 Å². The number of hydrogen-bond donors (Lipinski definition) is 3. The van der Waals surface area contributed by atoms with E-state index in [9.17, 15) is 14.7 Å². The van der Waals surface area contributed by atoms with Gasteiger partial charge in [0.25, 0.3) is 0 Å². The Kier molecular flexibility index (Phi) is 5.98. The molecule has 0 aromatic heterocycles. The first-order valence-corrected chi connectivity index (χ1v) is 8.06. The third-order valence-corrected chi connectivity index (χ3v) is 4.04. The van der Waals surface area contributed by atoms with Crippen molar-refractivity contribution in [2.75, 3.05) is 18.5 Å². The molecule has 126 valence electrons. The maximum atomic E-state index is 12.1. The van der Waals surface area contributed by atoms with E-state index in [4.69, 9.17) is 0 Å². The lowest BCUT2D eigenvalue weighted by Crippen LogP contribution is -2.43. The summed E-state index contributed by atoms with van der Waals surface area (Å²) >= 11 is 0. The zero-order valence-corrected chi connectivity index (χ0v) is 13.7. The lowest BCUT2D eigenvalue weighted by molar-refractivity contribution is -0.118. The topological polar surface area (TPSA) is 81.7 Å². The Morgan fingerprint density at radius 1 is 1.30 bits per heavy atom. The van der Waals surface area contributed by atoms with E-state index in [1.165, 1.54) is 0 Å². The largest absolute Gasteiger partial charge is 0.394 e. The normalized spacial score (nSPS) is 17.4. The summed E-state index contributed by atoms with van der Waals surface area (Å²) in [6.07, 6.45) is 1.79. The first-order valence-electron chi connectivity index (χ1n) is 8.06. The van der Waals surface area contributed by atoms with Crippen molar-refractivity contribution in [2.45, 2.75) is 39.3 Å². The highest BCUT2D eigenvalue weighted by atomic mass is 16.3. The van der Waals surface area contributed by atoms with Gasteiger partial charge in [0, 0.05) is 24.7 Å². The zero-order chi connectivity index (χ0) is 16.8. The lowest BCUT2D eigenvalue weighted by Gasteiger charge is -2.23. The van der Waals surface area contributed by atoms with Crippen LogP contribution in [0, 0.1) is 5.92 Å². The van der Waals surface area contributed by atoms with Crippen LogP contribution in [-0.4, -0.2) is 41.1 Å². The average Bonchev–Trinajstić information content (AvgIpc) is 3.02. The molecule has 0 saturated carbocycles. The maximum absolute atomic E-state index is 12.1. The summed E-state index contributed by atoms with van der Waals surface area (Å²) < 4.78 is 0. The van der Waals surface area contributed by atoms with Crippen LogP contribution in [0.5, 0.6) is 0 Å². The first-order chi connectivity index (χ1) is 11.0. The number of aliphatic hydroxyl groups is 1. The summed E-state index contributed by atoms with van der Waals surface area (Å²) in [5, 5.41) is 15.0. The second-order valence-corrected chi connectivity index (χ2v) is 6.17. The van der Waals surface area contributed by atoms with Crippen LogP contribution in [0.4, 0.5) is 10.5 Å². The van der Waals surface area contributed by atoms with Gasteiger partial charge in [0.15, 0.2) is 0 Å². The Morgan fingerprint density at radius 2 is 2.00 bits per heavy atom. The molecule has 1 aliphatic heterocycles. The highest BCUT2D eigenvalue weighted by molar-refractivity contribution is 5.92. The molecule has 23 heavy (non-hydrogen) atoms. The van der Waals surface area contributed by atoms with Crippen LogP contribution in [0.1, 0.15) is 32.3 Å². The van der Waals surface area contributed by atoms with Crippen LogP contribution in [0.2, 0.25) is 0 Å². The van der Waals surface area contributed by atoms with Crippen LogP contribution in [0.3, 0.4) is 0 Å².